The van der Waals surface area contributed by atoms with Crippen LogP contribution in [0.25, 0.3) is 15.9 Å². The summed E-state index contributed by atoms with van der Waals surface area (Å²) in [5.74, 6) is 1.03. The monoisotopic (exact) mass is 533 g/mol. The lowest BCUT2D eigenvalue weighted by Crippen LogP contribution is -2.31. The molecule has 4 heterocycles. The molecule has 0 bridgehead atoms. The fourth-order valence-electron chi connectivity index (χ4n) is 3.83. The zero-order valence-corrected chi connectivity index (χ0v) is 22.3. The van der Waals surface area contributed by atoms with Crippen molar-refractivity contribution in [3.8, 4) is 0 Å². The highest BCUT2D eigenvalue weighted by Gasteiger charge is 2.31. The Kier molecular flexibility index (Phi) is 6.78. The number of carbonyl (C=O) groups excluding carboxylic acids is 1. The first-order valence-electron chi connectivity index (χ1n) is 11.0. The van der Waals surface area contributed by atoms with Gasteiger partial charge in [-0.25, -0.2) is 9.38 Å². The smallest absolute Gasteiger partial charge is 0.234 e. The van der Waals surface area contributed by atoms with Gasteiger partial charge in [0.25, 0.3) is 0 Å². The van der Waals surface area contributed by atoms with Gasteiger partial charge in [0.2, 0.25) is 5.91 Å². The van der Waals surface area contributed by atoms with E-state index in [1.165, 1.54) is 22.2 Å². The number of halogens is 1. The van der Waals surface area contributed by atoms with E-state index in [9.17, 15) is 4.79 Å². The quantitative estimate of drug-likeness (QED) is 0.228. The molecule has 0 radical (unpaired) electrons. The maximum absolute atomic E-state index is 12.6. The van der Waals surface area contributed by atoms with Crippen molar-refractivity contribution in [1.29, 1.82) is 0 Å². The van der Waals surface area contributed by atoms with E-state index in [1.54, 1.807) is 47.4 Å². The highest BCUT2D eigenvalue weighted by atomic mass is 35.5. The summed E-state index contributed by atoms with van der Waals surface area (Å²) < 4.78 is 8.04. The van der Waals surface area contributed by atoms with Gasteiger partial charge < -0.3 is 10.1 Å². The molecule has 0 unspecified atom stereocenters. The molecule has 1 aromatic carbocycles. The van der Waals surface area contributed by atoms with Crippen molar-refractivity contribution in [1.82, 2.24) is 19.6 Å². The molecule has 4 aromatic rings. The third kappa shape index (κ3) is 4.79. The number of ether oxygens (including phenoxy) is 1. The predicted molar refractivity (Wildman–Crippen MR) is 141 cm³/mol. The molecule has 0 aliphatic carbocycles. The molecular formula is C23H24ClN5O2S3. The van der Waals surface area contributed by atoms with Crippen molar-refractivity contribution in [3.63, 3.8) is 0 Å². The molecule has 1 aliphatic heterocycles. The van der Waals surface area contributed by atoms with Crippen molar-refractivity contribution >= 4 is 73.9 Å². The Morgan fingerprint density at radius 3 is 2.79 bits per heavy atom. The minimum atomic E-state index is -0.231. The van der Waals surface area contributed by atoms with E-state index in [4.69, 9.17) is 21.3 Å². The van der Waals surface area contributed by atoms with E-state index in [0.717, 1.165) is 39.6 Å². The minimum Gasteiger partial charge on any atom is -0.370 e. The van der Waals surface area contributed by atoms with Gasteiger partial charge in [-0.15, -0.1) is 21.5 Å². The van der Waals surface area contributed by atoms with Crippen LogP contribution in [-0.4, -0.2) is 42.6 Å². The van der Waals surface area contributed by atoms with Crippen LogP contribution in [0.1, 0.15) is 37.6 Å². The van der Waals surface area contributed by atoms with Crippen molar-refractivity contribution in [2.24, 2.45) is 0 Å². The Labute approximate surface area is 215 Å². The number of carbonyl (C=O) groups is 1. The third-order valence-electron chi connectivity index (χ3n) is 5.41. The van der Waals surface area contributed by atoms with Gasteiger partial charge in [-0.1, -0.05) is 42.0 Å². The van der Waals surface area contributed by atoms with Gasteiger partial charge in [0.1, 0.15) is 4.83 Å². The second-order valence-electron chi connectivity index (χ2n) is 8.64. The van der Waals surface area contributed by atoms with Crippen LogP contribution in [-0.2, 0) is 22.6 Å². The summed E-state index contributed by atoms with van der Waals surface area (Å²) in [6.07, 6.45) is 1.84. The number of thiophene rings is 1. The van der Waals surface area contributed by atoms with Crippen LogP contribution in [0.2, 0.25) is 5.02 Å². The van der Waals surface area contributed by atoms with E-state index in [-0.39, 0.29) is 17.3 Å². The zero-order valence-electron chi connectivity index (χ0n) is 19.1. The number of amides is 1. The number of hydrogen-bond acceptors (Lipinski definition) is 8. The largest absolute Gasteiger partial charge is 0.370 e. The SMILES string of the molecule is CCCSc1nc2sc3c(c2c2nnc(SCC(=O)Nc4ccc(Cl)cc4)n12)CC(C)(C)OC3. The summed E-state index contributed by atoms with van der Waals surface area (Å²) in [5.41, 5.74) is 2.54. The van der Waals surface area contributed by atoms with E-state index < -0.39 is 0 Å². The number of anilines is 1. The number of thioether (sulfide) groups is 2. The predicted octanol–water partition coefficient (Wildman–Crippen LogP) is 6.08. The summed E-state index contributed by atoms with van der Waals surface area (Å²) in [6, 6.07) is 7.06. The lowest BCUT2D eigenvalue weighted by atomic mass is 9.94. The molecule has 1 amide bonds. The molecule has 1 aliphatic rings. The van der Waals surface area contributed by atoms with Gasteiger partial charge >= 0.3 is 0 Å². The number of hydrogen-bond donors (Lipinski definition) is 1. The van der Waals surface area contributed by atoms with Crippen molar-refractivity contribution in [3.05, 3.63) is 39.7 Å². The highest BCUT2D eigenvalue weighted by molar-refractivity contribution is 8.00. The summed E-state index contributed by atoms with van der Waals surface area (Å²) in [7, 11) is 0. The number of rotatable bonds is 7. The number of fused-ring (bicyclic) bond motifs is 5. The first-order chi connectivity index (χ1) is 16.3. The molecule has 0 atom stereocenters. The van der Waals surface area contributed by atoms with Gasteiger partial charge in [0.15, 0.2) is 16.0 Å². The van der Waals surface area contributed by atoms with Crippen molar-refractivity contribution < 1.29 is 9.53 Å². The van der Waals surface area contributed by atoms with Gasteiger partial charge in [0, 0.05) is 27.8 Å². The summed E-state index contributed by atoms with van der Waals surface area (Å²) in [6.45, 7) is 6.96. The van der Waals surface area contributed by atoms with Gasteiger partial charge in [-0.05, 0) is 50.1 Å². The number of aromatic nitrogens is 4. The van der Waals surface area contributed by atoms with Crippen LogP contribution in [0.4, 0.5) is 5.69 Å². The Balaban J connectivity index is 1.48. The van der Waals surface area contributed by atoms with Gasteiger partial charge in [0.05, 0.1) is 23.3 Å². The first-order valence-corrected chi connectivity index (χ1v) is 14.2. The molecule has 1 N–H and O–H groups in total. The van der Waals surface area contributed by atoms with Crippen LogP contribution in [0.5, 0.6) is 0 Å². The molecular weight excluding hydrogens is 510 g/mol. The topological polar surface area (TPSA) is 81.4 Å². The van der Waals surface area contributed by atoms with E-state index in [2.05, 4.69) is 36.3 Å². The van der Waals surface area contributed by atoms with Crippen LogP contribution in [0.3, 0.4) is 0 Å². The minimum absolute atomic E-state index is 0.118. The highest BCUT2D eigenvalue weighted by Crippen LogP contribution is 2.41. The van der Waals surface area contributed by atoms with Crippen LogP contribution < -0.4 is 5.32 Å². The summed E-state index contributed by atoms with van der Waals surface area (Å²) in [4.78, 5) is 19.8. The maximum Gasteiger partial charge on any atom is 0.234 e. The lowest BCUT2D eigenvalue weighted by molar-refractivity contribution is -0.113. The number of benzene rings is 1. The molecule has 11 heteroatoms. The Morgan fingerprint density at radius 2 is 2.03 bits per heavy atom. The second kappa shape index (κ2) is 9.66. The first kappa shape index (κ1) is 23.9. The van der Waals surface area contributed by atoms with Gasteiger partial charge in [-0.2, -0.15) is 0 Å². The van der Waals surface area contributed by atoms with Gasteiger partial charge in [-0.3, -0.25) is 4.79 Å². The maximum atomic E-state index is 12.6. The summed E-state index contributed by atoms with van der Waals surface area (Å²) in [5, 5.41) is 15.1. The molecule has 7 nitrogen and oxygen atoms in total. The number of nitrogens with one attached hydrogen (secondary N) is 1. The molecule has 0 saturated carbocycles. The van der Waals surface area contributed by atoms with E-state index >= 15 is 0 Å². The summed E-state index contributed by atoms with van der Waals surface area (Å²) >= 11 is 10.7. The normalized spacial score (nSPS) is 15.1. The number of nitrogens with zero attached hydrogens (tertiary/aromatic N) is 4. The Bertz CT molecular complexity index is 1370. The molecule has 0 fully saturated rings. The molecule has 34 heavy (non-hydrogen) atoms. The van der Waals surface area contributed by atoms with Crippen molar-refractivity contribution in [2.75, 3.05) is 16.8 Å². The Morgan fingerprint density at radius 1 is 1.24 bits per heavy atom. The average molecular weight is 534 g/mol. The lowest BCUT2D eigenvalue weighted by Gasteiger charge is -2.30. The Hall–Kier alpha value is -1.85. The van der Waals surface area contributed by atoms with Crippen molar-refractivity contribution in [2.45, 2.75) is 56.1 Å². The van der Waals surface area contributed by atoms with Crippen LogP contribution in [0, 0.1) is 0 Å². The fourth-order valence-corrected chi connectivity index (χ4v) is 6.75. The molecule has 0 spiro atoms. The molecule has 3 aromatic heterocycles. The average Bonchev–Trinajstić information content (AvgIpc) is 3.38. The van der Waals surface area contributed by atoms with Crippen LogP contribution in [0.15, 0.2) is 34.6 Å². The van der Waals surface area contributed by atoms with E-state index in [0.29, 0.717) is 22.5 Å². The third-order valence-corrected chi connectivity index (χ3v) is 8.83. The molecule has 0 saturated heterocycles. The fraction of sp³-hybridized carbons (Fsp3) is 0.391. The molecule has 5 rings (SSSR count). The van der Waals surface area contributed by atoms with Crippen LogP contribution >= 0.6 is 46.5 Å². The standard InChI is InChI=1S/C23H24ClN5O2S3/c1-4-9-32-21-26-20-18(15-10-23(2,3)31-11-16(15)34-20)19-27-28-22(29(19)21)33-12-17(30)25-14-7-5-13(24)6-8-14/h5-8H,4,9-12H2,1-3H3,(H,25,30). The molecule has 178 valence electrons. The second-order valence-corrected chi connectivity index (χ2v) is 12.2. The zero-order chi connectivity index (χ0) is 23.9. The van der Waals surface area contributed by atoms with E-state index in [1.807, 2.05) is 4.40 Å².